The van der Waals surface area contributed by atoms with Crippen molar-refractivity contribution in [3.05, 3.63) is 58.4 Å². The Bertz CT molecular complexity index is 2190. The summed E-state index contributed by atoms with van der Waals surface area (Å²) in [7, 11) is 1.29. The van der Waals surface area contributed by atoms with Gasteiger partial charge < -0.3 is 69.4 Å². The number of carbonyl (C=O) groups is 3. The average Bonchev–Trinajstić information content (AvgIpc) is 3.54. The zero-order valence-electron chi connectivity index (χ0n) is 43.5. The number of nitrogens with one attached hydrogen (secondary N) is 1. The summed E-state index contributed by atoms with van der Waals surface area (Å²) in [6.45, 7) is 21.3. The minimum atomic E-state index is -1.62. The predicted molar refractivity (Wildman–Crippen MR) is 259 cm³/mol. The van der Waals surface area contributed by atoms with E-state index in [1.165, 1.54) is 7.11 Å². The Balaban J connectivity index is 1.16. The number of carbonyl (C=O) groups excluding carboxylic acids is 3. The SMILES string of the molecule is COC(=O)NC1C(C)OC(OC2CC=C(C)C3C=CC4C(OC5CC(OC6CC(O)C(O)C(C)O6)C(O)C(C)O5)C(C)CC(C)C4C3(C)C(O)=C3C(=O)OC4(CC(C)C(C)=CC4C=C2C)C3=O)CC1(C)N. The molecule has 1 saturated carbocycles. The molecule has 0 aromatic carbocycles. The van der Waals surface area contributed by atoms with Crippen LogP contribution >= 0.6 is 0 Å². The molecule has 7 N–H and O–H groups in total. The van der Waals surface area contributed by atoms with E-state index < -0.39 is 126 Å². The van der Waals surface area contributed by atoms with E-state index in [2.05, 4.69) is 37.4 Å². The van der Waals surface area contributed by atoms with Crippen LogP contribution in [-0.2, 0) is 47.5 Å². The van der Waals surface area contributed by atoms with Gasteiger partial charge in [0.15, 0.2) is 24.5 Å². The number of hydrogen-bond acceptors (Lipinski definition) is 16. The Morgan fingerprint density at radius 1 is 0.789 bits per heavy atom. The van der Waals surface area contributed by atoms with Gasteiger partial charge in [-0.3, -0.25) is 4.79 Å². The summed E-state index contributed by atoms with van der Waals surface area (Å²) >= 11 is 0. The fourth-order valence-corrected chi connectivity index (χ4v) is 13.8. The minimum Gasteiger partial charge on any atom is -0.511 e. The summed E-state index contributed by atoms with van der Waals surface area (Å²) in [5.74, 6) is -3.67. The number of methoxy groups -OCH3 is 1. The first-order chi connectivity index (χ1) is 33.3. The van der Waals surface area contributed by atoms with Gasteiger partial charge in [0.1, 0.15) is 23.5 Å². The predicted octanol–water partition coefficient (Wildman–Crippen LogP) is 5.75. The van der Waals surface area contributed by atoms with Gasteiger partial charge in [0, 0.05) is 54.4 Å². The summed E-state index contributed by atoms with van der Waals surface area (Å²) in [4.78, 5) is 42.3. The second-order valence-electron chi connectivity index (χ2n) is 23.0. The van der Waals surface area contributed by atoms with Crippen LogP contribution in [0.3, 0.4) is 0 Å². The lowest BCUT2D eigenvalue weighted by Gasteiger charge is -2.56. The summed E-state index contributed by atoms with van der Waals surface area (Å²) in [6.07, 6.45) is 2.13. The fraction of sp³-hybridized carbons (Fsp3) is 0.759. The van der Waals surface area contributed by atoms with Crippen molar-refractivity contribution >= 4 is 17.8 Å². The molecule has 1 amide bonds. The van der Waals surface area contributed by atoms with Crippen molar-refractivity contribution in [2.24, 2.45) is 52.6 Å². The van der Waals surface area contributed by atoms with Crippen LogP contribution in [0.2, 0.25) is 0 Å². The van der Waals surface area contributed by atoms with Crippen molar-refractivity contribution < 1.29 is 72.7 Å². The molecule has 1 spiro atoms. The quantitative estimate of drug-likeness (QED) is 0.101. The van der Waals surface area contributed by atoms with Crippen molar-refractivity contribution in [2.45, 2.75) is 206 Å². The fourth-order valence-electron chi connectivity index (χ4n) is 13.8. The zero-order chi connectivity index (χ0) is 51.8. The summed E-state index contributed by atoms with van der Waals surface area (Å²) in [6, 6.07) is -0.562. The number of hydrogen-bond donors (Lipinski definition) is 6. The molecule has 17 nitrogen and oxygen atoms in total. The molecule has 23 unspecified atom stereocenters. The van der Waals surface area contributed by atoms with Gasteiger partial charge in [0.2, 0.25) is 5.78 Å². The monoisotopic (exact) mass is 997 g/mol. The first-order valence-corrected chi connectivity index (χ1v) is 25.8. The first kappa shape index (κ1) is 53.8. The lowest BCUT2D eigenvalue weighted by molar-refractivity contribution is -0.317. The van der Waals surface area contributed by atoms with Gasteiger partial charge in [0.25, 0.3) is 0 Å². The highest BCUT2D eigenvalue weighted by Gasteiger charge is 2.63. The molecule has 0 aromatic rings. The Morgan fingerprint density at radius 2 is 1.44 bits per heavy atom. The van der Waals surface area contributed by atoms with E-state index in [0.717, 1.165) is 16.7 Å². The third kappa shape index (κ3) is 9.86. The normalized spacial score (nSPS) is 48.3. The molecule has 396 valence electrons. The number of allylic oxidation sites excluding steroid dienone is 4. The number of rotatable bonds is 7. The van der Waals surface area contributed by atoms with E-state index >= 15 is 4.79 Å². The molecule has 8 aliphatic rings. The zero-order valence-corrected chi connectivity index (χ0v) is 43.5. The van der Waals surface area contributed by atoms with Gasteiger partial charge in [0.05, 0.1) is 55.9 Å². The molecule has 23 atom stereocenters. The van der Waals surface area contributed by atoms with E-state index in [1.807, 2.05) is 60.6 Å². The van der Waals surface area contributed by atoms with Gasteiger partial charge in [-0.15, -0.1) is 0 Å². The smallest absolute Gasteiger partial charge is 0.407 e. The largest absolute Gasteiger partial charge is 0.511 e. The summed E-state index contributed by atoms with van der Waals surface area (Å²) < 4.78 is 50.0. The van der Waals surface area contributed by atoms with E-state index in [4.69, 9.17) is 43.6 Å². The Labute approximate surface area is 418 Å². The summed E-state index contributed by atoms with van der Waals surface area (Å²) in [5.41, 5.74) is 5.51. The third-order valence-electron chi connectivity index (χ3n) is 17.8. The Morgan fingerprint density at radius 3 is 2.10 bits per heavy atom. The number of ether oxygens (including phenoxy) is 8. The van der Waals surface area contributed by atoms with Gasteiger partial charge in [-0.1, -0.05) is 69.2 Å². The van der Waals surface area contributed by atoms with Gasteiger partial charge in [-0.05, 0) is 90.6 Å². The molecular formula is C54H80N2O15. The lowest BCUT2D eigenvalue weighted by atomic mass is 9.49. The number of fused-ring (bicyclic) bond motifs is 4. The van der Waals surface area contributed by atoms with Crippen LogP contribution in [0.4, 0.5) is 4.79 Å². The molecule has 4 heterocycles. The molecule has 17 heteroatoms. The molecule has 8 rings (SSSR count). The summed E-state index contributed by atoms with van der Waals surface area (Å²) in [5, 5.41) is 48.0. The number of alkyl carbamates (subject to hydrolysis) is 1. The molecular weight excluding hydrogens is 917 g/mol. The number of aliphatic hydroxyl groups excluding tert-OH is 4. The molecule has 0 radical (unpaired) electrons. The van der Waals surface area contributed by atoms with Gasteiger partial charge >= 0.3 is 12.1 Å². The van der Waals surface area contributed by atoms with Crippen LogP contribution in [-0.4, -0.2) is 136 Å². The molecule has 71 heavy (non-hydrogen) atoms. The minimum absolute atomic E-state index is 0.000902. The highest BCUT2D eigenvalue weighted by Crippen LogP contribution is 2.61. The number of esters is 1. The molecule has 0 aromatic heterocycles. The Kier molecular flexibility index (Phi) is 15.4. The van der Waals surface area contributed by atoms with E-state index in [1.54, 1.807) is 13.8 Å². The maximum absolute atomic E-state index is 15.4. The molecule has 4 aliphatic heterocycles. The highest BCUT2D eigenvalue weighted by atomic mass is 16.7. The number of aliphatic hydroxyl groups is 4. The van der Waals surface area contributed by atoms with Crippen molar-refractivity contribution in [3.63, 3.8) is 0 Å². The topological polar surface area (TPSA) is 244 Å². The lowest BCUT2D eigenvalue weighted by Crippen LogP contribution is -2.66. The maximum Gasteiger partial charge on any atom is 0.407 e. The number of Topliss-reactive ketones (excluding diaryl/α,β-unsaturated/α-hetero) is 1. The third-order valence-corrected chi connectivity index (χ3v) is 17.8. The number of nitrogens with two attached hydrogens (primary N) is 1. The number of ketones is 1. The second kappa shape index (κ2) is 20.3. The molecule has 5 fully saturated rings. The first-order valence-electron chi connectivity index (χ1n) is 25.8. The van der Waals surface area contributed by atoms with E-state index in [0.29, 0.717) is 12.8 Å². The van der Waals surface area contributed by atoms with E-state index in [9.17, 15) is 30.0 Å². The van der Waals surface area contributed by atoms with Crippen molar-refractivity contribution in [1.82, 2.24) is 5.32 Å². The van der Waals surface area contributed by atoms with Crippen LogP contribution in [0, 0.1) is 46.8 Å². The van der Waals surface area contributed by atoms with Crippen LogP contribution in [0.1, 0.15) is 115 Å². The number of amides is 1. The van der Waals surface area contributed by atoms with Crippen molar-refractivity contribution in [3.8, 4) is 0 Å². The molecule has 4 saturated heterocycles. The maximum atomic E-state index is 15.4. The van der Waals surface area contributed by atoms with Crippen LogP contribution in [0.25, 0.3) is 0 Å². The van der Waals surface area contributed by atoms with Gasteiger partial charge in [-0.2, -0.15) is 0 Å². The molecule has 2 bridgehead atoms. The molecule has 4 aliphatic carbocycles. The van der Waals surface area contributed by atoms with Crippen LogP contribution in [0.15, 0.2) is 58.4 Å². The van der Waals surface area contributed by atoms with Crippen LogP contribution < -0.4 is 11.1 Å². The Hall–Kier alpha value is -3.49. The standard InChI is InChI=1S/C54H80N2O15/c1-24-13-16-37(68-41-23-52(10,55)47(32(9)67-41)56-51(63)64-12)26(3)19-33-18-25(2)29(6)22-54(33)49(61)42(50(62)71-54)48(60)53(11)35(24)15-14-34-43(53)27(4)17-28(5)46(34)70-40-21-38(45(59)31(8)66-40)69-39-20-36(57)44(58)30(7)65-39/h13-15,18-19,27-41,43-47,57-60H,16-17,20-23,55H2,1-12H3,(H,56,63). The van der Waals surface area contributed by atoms with Crippen molar-refractivity contribution in [1.29, 1.82) is 0 Å². The highest BCUT2D eigenvalue weighted by molar-refractivity contribution is 6.26. The second-order valence-corrected chi connectivity index (χ2v) is 23.0. The van der Waals surface area contributed by atoms with E-state index in [-0.39, 0.29) is 66.6 Å². The average molecular weight is 997 g/mol. The van der Waals surface area contributed by atoms with Gasteiger partial charge in [-0.25, -0.2) is 9.59 Å². The van der Waals surface area contributed by atoms with Crippen molar-refractivity contribution in [2.75, 3.05) is 7.11 Å². The van der Waals surface area contributed by atoms with Crippen LogP contribution in [0.5, 0.6) is 0 Å².